The van der Waals surface area contributed by atoms with E-state index in [4.69, 9.17) is 4.74 Å². The highest BCUT2D eigenvalue weighted by atomic mass is 16.5. The van der Waals surface area contributed by atoms with E-state index in [2.05, 4.69) is 13.8 Å². The quantitative estimate of drug-likeness (QED) is 0.707. The fourth-order valence-electron chi connectivity index (χ4n) is 7.47. The Balaban J connectivity index is 1.64. The van der Waals surface area contributed by atoms with Gasteiger partial charge < -0.3 is 4.74 Å². The van der Waals surface area contributed by atoms with Gasteiger partial charge in [-0.1, -0.05) is 13.8 Å². The first-order valence-electron chi connectivity index (χ1n) is 9.53. The van der Waals surface area contributed by atoms with Crippen LogP contribution in [-0.2, 0) is 9.53 Å². The molecule has 4 rings (SSSR count). The maximum absolute atomic E-state index is 12.2. The van der Waals surface area contributed by atoms with Crippen molar-refractivity contribution in [2.75, 3.05) is 7.11 Å². The Hall–Kier alpha value is -0.370. The highest BCUT2D eigenvalue weighted by Crippen LogP contribution is 2.66. The number of methoxy groups -OCH3 is 1. The predicted octanol–water partition coefficient (Wildman–Crippen LogP) is 4.61. The Bertz CT molecular complexity index is 472. The highest BCUT2D eigenvalue weighted by molar-refractivity contribution is 5.80. The number of ether oxygens (including phenoxy) is 1. The second-order valence-corrected chi connectivity index (χ2v) is 9.26. The van der Waals surface area contributed by atoms with Crippen LogP contribution in [0.1, 0.15) is 71.6 Å². The zero-order chi connectivity index (χ0) is 15.5. The average Bonchev–Trinajstić information content (AvgIpc) is 2.82. The summed E-state index contributed by atoms with van der Waals surface area (Å²) in [5, 5.41) is 0. The van der Waals surface area contributed by atoms with Crippen molar-refractivity contribution >= 4 is 5.78 Å². The summed E-state index contributed by atoms with van der Waals surface area (Å²) >= 11 is 0. The summed E-state index contributed by atoms with van der Waals surface area (Å²) < 4.78 is 5.86. The first-order valence-corrected chi connectivity index (χ1v) is 9.53. The van der Waals surface area contributed by atoms with E-state index in [-0.39, 0.29) is 0 Å². The third kappa shape index (κ3) is 1.92. The van der Waals surface area contributed by atoms with Crippen LogP contribution in [-0.4, -0.2) is 19.0 Å². The Morgan fingerprint density at radius 2 is 1.73 bits per heavy atom. The standard InChI is InChI=1S/C20H32O2/c1-19-11-10-17-15(16(19)8-9-18(19)22-3)7-5-13-4-6-14(21)12-20(13,17)2/h13,15-18H,4-12H2,1-3H3/t13?,15-,16-,17+,18?,19-,20-/m0/s1. The van der Waals surface area contributed by atoms with Crippen LogP contribution in [0.25, 0.3) is 0 Å². The van der Waals surface area contributed by atoms with Crippen LogP contribution in [0.3, 0.4) is 0 Å². The van der Waals surface area contributed by atoms with E-state index < -0.39 is 0 Å². The smallest absolute Gasteiger partial charge is 0.133 e. The van der Waals surface area contributed by atoms with E-state index in [1.165, 1.54) is 44.9 Å². The molecule has 0 bridgehead atoms. The molecule has 22 heavy (non-hydrogen) atoms. The van der Waals surface area contributed by atoms with Crippen molar-refractivity contribution in [1.29, 1.82) is 0 Å². The first kappa shape index (κ1) is 15.2. The molecule has 2 heteroatoms. The van der Waals surface area contributed by atoms with Gasteiger partial charge >= 0.3 is 0 Å². The van der Waals surface area contributed by atoms with E-state index in [9.17, 15) is 4.79 Å². The van der Waals surface area contributed by atoms with Gasteiger partial charge in [-0.05, 0) is 79.4 Å². The summed E-state index contributed by atoms with van der Waals surface area (Å²) in [7, 11) is 1.91. The third-order valence-electron chi connectivity index (χ3n) is 8.61. The van der Waals surface area contributed by atoms with Crippen LogP contribution in [0.4, 0.5) is 0 Å². The minimum atomic E-state index is 0.310. The van der Waals surface area contributed by atoms with Gasteiger partial charge in [-0.2, -0.15) is 0 Å². The second kappa shape index (κ2) is 5.06. The molecular weight excluding hydrogens is 272 g/mol. The van der Waals surface area contributed by atoms with Crippen molar-refractivity contribution in [3.63, 3.8) is 0 Å². The monoisotopic (exact) mass is 304 g/mol. The van der Waals surface area contributed by atoms with Crippen molar-refractivity contribution in [2.24, 2.45) is 34.5 Å². The molecule has 0 aromatic carbocycles. The summed E-state index contributed by atoms with van der Waals surface area (Å²) in [6.45, 7) is 4.96. The number of hydrogen-bond acceptors (Lipinski definition) is 2. The molecule has 2 nitrogen and oxygen atoms in total. The first-order chi connectivity index (χ1) is 10.5. The maximum Gasteiger partial charge on any atom is 0.133 e. The second-order valence-electron chi connectivity index (χ2n) is 9.26. The van der Waals surface area contributed by atoms with Gasteiger partial charge in [-0.3, -0.25) is 4.79 Å². The normalized spacial score (nSPS) is 54.5. The molecule has 0 radical (unpaired) electrons. The van der Waals surface area contributed by atoms with Crippen LogP contribution in [0.5, 0.6) is 0 Å². The Morgan fingerprint density at radius 3 is 2.50 bits per heavy atom. The van der Waals surface area contributed by atoms with Crippen molar-refractivity contribution in [2.45, 2.75) is 77.7 Å². The van der Waals surface area contributed by atoms with E-state index in [0.717, 1.165) is 36.5 Å². The van der Waals surface area contributed by atoms with E-state index in [1.807, 2.05) is 7.11 Å². The van der Waals surface area contributed by atoms with Crippen molar-refractivity contribution in [3.05, 3.63) is 0 Å². The molecule has 4 saturated carbocycles. The molecule has 4 fully saturated rings. The Labute approximate surface area is 135 Å². The summed E-state index contributed by atoms with van der Waals surface area (Å²) in [4.78, 5) is 12.2. The van der Waals surface area contributed by atoms with Crippen LogP contribution in [0.2, 0.25) is 0 Å². The lowest BCUT2D eigenvalue weighted by molar-refractivity contribution is -0.145. The van der Waals surface area contributed by atoms with E-state index >= 15 is 0 Å². The molecule has 124 valence electrons. The molecule has 0 aliphatic heterocycles. The molecule has 4 aliphatic carbocycles. The van der Waals surface area contributed by atoms with Gasteiger partial charge in [0.2, 0.25) is 0 Å². The SMILES string of the molecule is COC1CC[C@H]2[C@@H]3CCC4CCC(=O)C[C@]4(C)[C@@H]3CC[C@]12C. The van der Waals surface area contributed by atoms with Gasteiger partial charge in [0, 0.05) is 20.0 Å². The molecule has 0 N–H and O–H groups in total. The summed E-state index contributed by atoms with van der Waals surface area (Å²) in [5.74, 6) is 3.84. The molecule has 0 aromatic heterocycles. The van der Waals surface area contributed by atoms with Crippen molar-refractivity contribution in [3.8, 4) is 0 Å². The lowest BCUT2D eigenvalue weighted by Gasteiger charge is -2.60. The summed E-state index contributed by atoms with van der Waals surface area (Å²) in [6, 6.07) is 0. The van der Waals surface area contributed by atoms with Crippen molar-refractivity contribution < 1.29 is 9.53 Å². The predicted molar refractivity (Wildman–Crippen MR) is 87.5 cm³/mol. The number of carbonyl (C=O) groups excluding carboxylic acids is 1. The van der Waals surface area contributed by atoms with Gasteiger partial charge in [0.1, 0.15) is 5.78 Å². The lowest BCUT2D eigenvalue weighted by Crippen LogP contribution is -2.54. The van der Waals surface area contributed by atoms with Crippen LogP contribution in [0, 0.1) is 34.5 Å². The topological polar surface area (TPSA) is 26.3 Å². The molecule has 0 aromatic rings. The van der Waals surface area contributed by atoms with Crippen molar-refractivity contribution in [1.82, 2.24) is 0 Å². The number of fused-ring (bicyclic) bond motifs is 5. The Kier molecular flexibility index (Phi) is 3.49. The van der Waals surface area contributed by atoms with Gasteiger partial charge in [0.15, 0.2) is 0 Å². The largest absolute Gasteiger partial charge is 0.381 e. The number of ketones is 1. The van der Waals surface area contributed by atoms with Crippen LogP contribution in [0.15, 0.2) is 0 Å². The molecule has 0 heterocycles. The summed E-state index contributed by atoms with van der Waals surface area (Å²) in [5.41, 5.74) is 0.711. The van der Waals surface area contributed by atoms with E-state index in [1.54, 1.807) is 0 Å². The minimum absolute atomic E-state index is 0.310. The van der Waals surface area contributed by atoms with Gasteiger partial charge in [0.05, 0.1) is 6.10 Å². The molecule has 0 amide bonds. The van der Waals surface area contributed by atoms with E-state index in [0.29, 0.717) is 22.7 Å². The number of rotatable bonds is 1. The number of carbonyl (C=O) groups is 1. The van der Waals surface area contributed by atoms with Crippen LogP contribution < -0.4 is 0 Å². The summed E-state index contributed by atoms with van der Waals surface area (Å²) in [6.07, 6.45) is 11.4. The Morgan fingerprint density at radius 1 is 0.955 bits per heavy atom. The molecule has 2 unspecified atom stereocenters. The molecule has 4 aliphatic rings. The highest BCUT2D eigenvalue weighted by Gasteiger charge is 2.60. The van der Waals surface area contributed by atoms with Gasteiger partial charge in [0.25, 0.3) is 0 Å². The molecular formula is C20H32O2. The van der Waals surface area contributed by atoms with Crippen LogP contribution >= 0.6 is 0 Å². The fraction of sp³-hybridized carbons (Fsp3) is 0.950. The molecule has 0 spiro atoms. The average molecular weight is 304 g/mol. The fourth-order valence-corrected chi connectivity index (χ4v) is 7.47. The zero-order valence-corrected chi connectivity index (χ0v) is 14.6. The number of hydrogen-bond donors (Lipinski definition) is 0. The zero-order valence-electron chi connectivity index (χ0n) is 14.6. The van der Waals surface area contributed by atoms with Gasteiger partial charge in [-0.15, -0.1) is 0 Å². The molecule has 7 atom stereocenters. The lowest BCUT2D eigenvalue weighted by atomic mass is 9.45. The minimum Gasteiger partial charge on any atom is -0.381 e. The van der Waals surface area contributed by atoms with Gasteiger partial charge in [-0.25, -0.2) is 0 Å². The third-order valence-corrected chi connectivity index (χ3v) is 8.61. The molecule has 0 saturated heterocycles. The maximum atomic E-state index is 12.2. The number of Topliss-reactive ketones (excluding diaryl/α,β-unsaturated/α-hetero) is 1.